The van der Waals surface area contributed by atoms with E-state index < -0.39 is 0 Å². The van der Waals surface area contributed by atoms with Crippen molar-refractivity contribution in [3.05, 3.63) is 89.7 Å². The molecule has 27 heavy (non-hydrogen) atoms. The van der Waals surface area contributed by atoms with E-state index in [2.05, 4.69) is 15.3 Å². The van der Waals surface area contributed by atoms with E-state index in [1.54, 1.807) is 16.7 Å². The van der Waals surface area contributed by atoms with Crippen LogP contribution >= 0.6 is 11.3 Å². The molecule has 2 aromatic carbocycles. The molecule has 7 heteroatoms. The second-order valence-electron chi connectivity index (χ2n) is 5.82. The van der Waals surface area contributed by atoms with Crippen molar-refractivity contribution in [3.8, 4) is 16.3 Å². The molecule has 0 saturated heterocycles. The summed E-state index contributed by atoms with van der Waals surface area (Å²) in [4.78, 5) is 21.1. The van der Waals surface area contributed by atoms with Crippen molar-refractivity contribution in [2.75, 3.05) is 0 Å². The van der Waals surface area contributed by atoms with Gasteiger partial charge in [0.25, 0.3) is 5.91 Å². The highest BCUT2D eigenvalue weighted by Crippen LogP contribution is 2.23. The van der Waals surface area contributed by atoms with E-state index in [0.29, 0.717) is 17.9 Å². The summed E-state index contributed by atoms with van der Waals surface area (Å²) in [7, 11) is 0. The summed E-state index contributed by atoms with van der Waals surface area (Å²) in [6.45, 7) is 0.316. The number of nitrogens with zero attached hydrogens (tertiary/aromatic N) is 3. The van der Waals surface area contributed by atoms with Gasteiger partial charge in [0.05, 0.1) is 24.8 Å². The quantitative estimate of drug-likeness (QED) is 0.570. The number of halogens is 1. The molecule has 4 rings (SSSR count). The van der Waals surface area contributed by atoms with Crippen LogP contribution in [0.1, 0.15) is 16.2 Å². The molecule has 0 aliphatic rings. The Kier molecular flexibility index (Phi) is 4.76. The van der Waals surface area contributed by atoms with E-state index in [4.69, 9.17) is 0 Å². The highest BCUT2D eigenvalue weighted by molar-refractivity contribution is 7.13. The highest BCUT2D eigenvalue weighted by atomic mass is 32.1. The van der Waals surface area contributed by atoms with Crippen molar-refractivity contribution in [3.63, 3.8) is 0 Å². The molecule has 2 heterocycles. The van der Waals surface area contributed by atoms with E-state index in [1.807, 2.05) is 35.7 Å². The molecule has 4 aromatic rings. The van der Waals surface area contributed by atoms with Gasteiger partial charge >= 0.3 is 0 Å². The van der Waals surface area contributed by atoms with Crippen molar-refractivity contribution >= 4 is 17.2 Å². The lowest BCUT2D eigenvalue weighted by Gasteiger charge is -2.08. The Labute approximate surface area is 159 Å². The number of carbonyl (C=O) groups is 1. The van der Waals surface area contributed by atoms with Crippen LogP contribution < -0.4 is 5.32 Å². The van der Waals surface area contributed by atoms with Crippen molar-refractivity contribution in [1.29, 1.82) is 0 Å². The average Bonchev–Trinajstić information content (AvgIpc) is 3.37. The summed E-state index contributed by atoms with van der Waals surface area (Å²) in [6, 6.07) is 15.8. The van der Waals surface area contributed by atoms with Gasteiger partial charge in [0, 0.05) is 16.6 Å². The summed E-state index contributed by atoms with van der Waals surface area (Å²) in [5, 5.41) is 5.70. The number of rotatable bonds is 5. The summed E-state index contributed by atoms with van der Waals surface area (Å²) < 4.78 is 14.7. The molecular weight excluding hydrogens is 363 g/mol. The Morgan fingerprint density at radius 3 is 2.67 bits per heavy atom. The largest absolute Gasteiger partial charge is 0.345 e. The fraction of sp³-hybridized carbons (Fsp3) is 0.0500. The lowest BCUT2D eigenvalue weighted by Crippen LogP contribution is -2.25. The fourth-order valence-corrected chi connectivity index (χ4v) is 3.46. The van der Waals surface area contributed by atoms with Gasteiger partial charge in [-0.25, -0.2) is 14.4 Å². The van der Waals surface area contributed by atoms with Crippen LogP contribution in [0.2, 0.25) is 0 Å². The van der Waals surface area contributed by atoms with Gasteiger partial charge in [0.15, 0.2) is 0 Å². The van der Waals surface area contributed by atoms with Crippen molar-refractivity contribution < 1.29 is 9.18 Å². The first-order chi connectivity index (χ1) is 13.2. The molecule has 5 nitrogen and oxygen atoms in total. The minimum Gasteiger partial charge on any atom is -0.345 e. The van der Waals surface area contributed by atoms with Gasteiger partial charge in [-0.1, -0.05) is 30.3 Å². The molecule has 0 unspecified atom stereocenters. The summed E-state index contributed by atoms with van der Waals surface area (Å²) in [5.74, 6) is -0.603. The van der Waals surface area contributed by atoms with Gasteiger partial charge in [-0.15, -0.1) is 11.3 Å². The van der Waals surface area contributed by atoms with Crippen molar-refractivity contribution in [2.45, 2.75) is 6.54 Å². The predicted octanol–water partition coefficient (Wildman–Crippen LogP) is 4.06. The van der Waals surface area contributed by atoms with E-state index in [-0.39, 0.29) is 11.7 Å². The first-order valence-electron chi connectivity index (χ1n) is 8.27. The van der Waals surface area contributed by atoms with Crippen LogP contribution in [0.3, 0.4) is 0 Å². The van der Waals surface area contributed by atoms with Gasteiger partial charge in [-0.3, -0.25) is 9.36 Å². The van der Waals surface area contributed by atoms with Gasteiger partial charge in [-0.2, -0.15) is 0 Å². The zero-order valence-electron chi connectivity index (χ0n) is 14.2. The lowest BCUT2D eigenvalue weighted by molar-refractivity contribution is 0.0943. The Balaban J connectivity index is 1.46. The van der Waals surface area contributed by atoms with Gasteiger partial charge in [0.2, 0.25) is 0 Å². The number of carbonyl (C=O) groups excluding carboxylic acids is 1. The molecule has 0 aliphatic heterocycles. The molecule has 0 radical (unpaired) electrons. The van der Waals surface area contributed by atoms with Gasteiger partial charge in [-0.05, 0) is 24.3 Å². The number of benzene rings is 2. The molecular formula is C20H15FN4OS. The Morgan fingerprint density at radius 2 is 1.89 bits per heavy atom. The number of hydrogen-bond donors (Lipinski definition) is 1. The predicted molar refractivity (Wildman–Crippen MR) is 102 cm³/mol. The Hall–Kier alpha value is -3.32. The number of amides is 1. The molecule has 0 spiro atoms. The molecule has 0 atom stereocenters. The maximum absolute atomic E-state index is 13.1. The van der Waals surface area contributed by atoms with Crippen molar-refractivity contribution in [2.24, 2.45) is 0 Å². The smallest absolute Gasteiger partial charge is 0.270 e. The van der Waals surface area contributed by atoms with Crippen LogP contribution in [-0.4, -0.2) is 20.4 Å². The topological polar surface area (TPSA) is 59.8 Å². The second kappa shape index (κ2) is 7.51. The normalized spacial score (nSPS) is 10.7. The van der Waals surface area contributed by atoms with Crippen LogP contribution in [0.4, 0.5) is 4.39 Å². The first-order valence-corrected chi connectivity index (χ1v) is 9.15. The Bertz CT molecular complexity index is 1060. The summed E-state index contributed by atoms with van der Waals surface area (Å²) in [6.07, 6.45) is 3.01. The maximum atomic E-state index is 13.1. The second-order valence-corrected chi connectivity index (χ2v) is 6.68. The number of thiazole rings is 1. The van der Waals surface area contributed by atoms with Crippen LogP contribution in [-0.2, 0) is 6.54 Å². The number of hydrogen-bond acceptors (Lipinski definition) is 4. The molecule has 0 bridgehead atoms. The molecule has 1 N–H and O–H groups in total. The third kappa shape index (κ3) is 3.78. The van der Waals surface area contributed by atoms with E-state index in [9.17, 15) is 9.18 Å². The summed E-state index contributed by atoms with van der Waals surface area (Å²) >= 11 is 1.54. The van der Waals surface area contributed by atoms with E-state index in [0.717, 1.165) is 16.3 Å². The van der Waals surface area contributed by atoms with E-state index in [1.165, 1.54) is 36.0 Å². The third-order valence-electron chi connectivity index (χ3n) is 3.98. The van der Waals surface area contributed by atoms with Crippen LogP contribution in [0.25, 0.3) is 16.3 Å². The fourth-order valence-electron chi connectivity index (χ4n) is 2.63. The lowest BCUT2D eigenvalue weighted by atomic mass is 10.2. The Morgan fingerprint density at radius 1 is 1.11 bits per heavy atom. The molecule has 0 fully saturated rings. The van der Waals surface area contributed by atoms with Crippen LogP contribution in [0.15, 0.2) is 72.5 Å². The number of imidazole rings is 1. The minimum atomic E-state index is -0.331. The zero-order chi connectivity index (χ0) is 18.6. The maximum Gasteiger partial charge on any atom is 0.270 e. The standard InChI is InChI=1S/C20H15FN4OS/c21-15-6-8-17(9-7-15)25-13-22-11-18(25)19(26)23-10-16-12-27-20(24-16)14-4-2-1-3-5-14/h1-9,11-13H,10H2,(H,23,26). The first kappa shape index (κ1) is 17.1. The monoisotopic (exact) mass is 378 g/mol. The average molecular weight is 378 g/mol. The SMILES string of the molecule is O=C(NCc1csc(-c2ccccc2)n1)c1cncn1-c1ccc(F)cc1. The zero-order valence-corrected chi connectivity index (χ0v) is 15.0. The summed E-state index contributed by atoms with van der Waals surface area (Å²) in [5.41, 5.74) is 2.88. The van der Waals surface area contributed by atoms with Gasteiger partial charge < -0.3 is 5.32 Å². The molecule has 1 amide bonds. The number of nitrogens with one attached hydrogen (secondary N) is 1. The molecule has 134 valence electrons. The molecule has 2 aromatic heterocycles. The molecule has 0 aliphatic carbocycles. The van der Waals surface area contributed by atoms with Crippen molar-refractivity contribution in [1.82, 2.24) is 19.9 Å². The van der Waals surface area contributed by atoms with Gasteiger partial charge in [0.1, 0.15) is 16.5 Å². The highest BCUT2D eigenvalue weighted by Gasteiger charge is 2.14. The third-order valence-corrected chi connectivity index (χ3v) is 4.92. The van der Waals surface area contributed by atoms with Crippen LogP contribution in [0, 0.1) is 5.82 Å². The number of aromatic nitrogens is 3. The van der Waals surface area contributed by atoms with Crippen LogP contribution in [0.5, 0.6) is 0 Å². The van der Waals surface area contributed by atoms with E-state index >= 15 is 0 Å². The minimum absolute atomic E-state index is 0.272. The molecule has 0 saturated carbocycles.